The van der Waals surface area contributed by atoms with Crippen LogP contribution in [-0.2, 0) is 4.79 Å². The van der Waals surface area contributed by atoms with Crippen molar-refractivity contribution in [3.8, 4) is 0 Å². The Hall–Kier alpha value is -2.08. The van der Waals surface area contributed by atoms with E-state index in [1.54, 1.807) is 0 Å². The second kappa shape index (κ2) is 5.73. The van der Waals surface area contributed by atoms with Crippen LogP contribution >= 0.6 is 0 Å². The van der Waals surface area contributed by atoms with Gasteiger partial charge in [0.15, 0.2) is 5.96 Å². The van der Waals surface area contributed by atoms with Gasteiger partial charge in [-0.25, -0.2) is 0 Å². The molecule has 122 valence electrons. The van der Waals surface area contributed by atoms with Crippen molar-refractivity contribution in [2.75, 3.05) is 14.1 Å². The van der Waals surface area contributed by atoms with Crippen molar-refractivity contribution in [3.63, 3.8) is 0 Å². The molecule has 6 nitrogen and oxygen atoms in total. The van der Waals surface area contributed by atoms with Crippen LogP contribution < -0.4 is 11.5 Å². The third-order valence-electron chi connectivity index (χ3n) is 1.92. The summed E-state index contributed by atoms with van der Waals surface area (Å²) in [5.74, 6) is -17.6. The van der Waals surface area contributed by atoms with Gasteiger partial charge in [-0.05, 0) is 0 Å². The molecule has 13 heteroatoms. The second-order valence-electron chi connectivity index (χ2n) is 3.79. The van der Waals surface area contributed by atoms with Crippen LogP contribution in [0.1, 0.15) is 0 Å². The monoisotopic (exact) mass is 325 g/mol. The molecule has 0 heterocycles. The summed E-state index contributed by atoms with van der Waals surface area (Å²) < 4.78 is 86.3. The fourth-order valence-electron chi connectivity index (χ4n) is 0.729. The Morgan fingerprint density at radius 1 is 0.952 bits per heavy atom. The van der Waals surface area contributed by atoms with E-state index in [9.17, 15) is 35.5 Å². The number of nitrogens with two attached hydrogens (primary N) is 2. The van der Waals surface area contributed by atoms with Crippen molar-refractivity contribution in [1.29, 1.82) is 0 Å². The van der Waals surface area contributed by atoms with E-state index in [1.165, 1.54) is 14.1 Å². The molecule has 0 radical (unpaired) electrons. The number of carbonyl (C=O) groups excluding carboxylic acids is 1. The van der Waals surface area contributed by atoms with Gasteiger partial charge in [0, 0.05) is 14.1 Å². The van der Waals surface area contributed by atoms with Gasteiger partial charge in [-0.3, -0.25) is 4.79 Å². The average molecular weight is 325 g/mol. The van der Waals surface area contributed by atoms with Gasteiger partial charge in [0.25, 0.3) is 0 Å². The van der Waals surface area contributed by atoms with Crippen LogP contribution in [0.3, 0.4) is 0 Å². The van der Waals surface area contributed by atoms with Gasteiger partial charge in [-0.2, -0.15) is 40.7 Å². The molecular weight excluding hydrogens is 315 g/mol. The summed E-state index contributed by atoms with van der Waals surface area (Å²) in [6, 6.07) is 0. The largest absolute Gasteiger partial charge is 0.460 e. The summed E-state index contributed by atoms with van der Waals surface area (Å²) in [5, 5.41) is 0. The van der Waals surface area contributed by atoms with E-state index in [0.29, 0.717) is 0 Å². The minimum Gasteiger partial charge on any atom is -0.369 e. The van der Waals surface area contributed by atoms with E-state index in [1.807, 2.05) is 0 Å². The molecule has 0 spiro atoms. The molecule has 4 N–H and O–H groups in total. The lowest BCUT2D eigenvalue weighted by molar-refractivity contribution is -0.343. The smallest absolute Gasteiger partial charge is 0.369 e. The Labute approximate surface area is 113 Å². The predicted molar refractivity (Wildman–Crippen MR) is 57.9 cm³/mol. The number of hydrogen-bond donors (Lipinski definition) is 2. The first-order chi connectivity index (χ1) is 9.14. The Balaban J connectivity index is 5.49. The number of nitrogens with zero attached hydrogens (tertiary/aromatic N) is 3. The molecular formula is C8H10F7N5O. The number of aliphatic imine (C=N–C) groups is 2. The van der Waals surface area contributed by atoms with Gasteiger partial charge in [0.2, 0.25) is 5.96 Å². The highest BCUT2D eigenvalue weighted by Gasteiger charge is 2.76. The third-order valence-corrected chi connectivity index (χ3v) is 1.92. The highest BCUT2D eigenvalue weighted by atomic mass is 19.4. The number of hydrogen-bond acceptors (Lipinski definition) is 1. The van der Waals surface area contributed by atoms with Gasteiger partial charge in [0.1, 0.15) is 0 Å². The van der Waals surface area contributed by atoms with Gasteiger partial charge < -0.3 is 16.4 Å². The number of alkyl halides is 7. The molecule has 0 aromatic carbocycles. The zero-order valence-corrected chi connectivity index (χ0v) is 10.6. The zero-order chi connectivity index (χ0) is 17.2. The van der Waals surface area contributed by atoms with Gasteiger partial charge in [-0.15, -0.1) is 0 Å². The number of carbonyl (C=O) groups is 1. The molecule has 21 heavy (non-hydrogen) atoms. The predicted octanol–water partition coefficient (Wildman–Crippen LogP) is 0.537. The maximum Gasteiger partial charge on any atom is 0.460 e. The Morgan fingerprint density at radius 2 is 1.38 bits per heavy atom. The first kappa shape index (κ1) is 18.9. The van der Waals surface area contributed by atoms with E-state index in [2.05, 4.69) is 9.98 Å². The SMILES string of the molecule is CN(C)/C(N)=N/C(N)=NC(=O)C(F)(F)C(F)(F)C(F)(F)F. The lowest BCUT2D eigenvalue weighted by Gasteiger charge is -2.25. The van der Waals surface area contributed by atoms with Gasteiger partial charge in [-0.1, -0.05) is 0 Å². The molecule has 0 atom stereocenters. The molecule has 0 aromatic rings. The van der Waals surface area contributed by atoms with Crippen molar-refractivity contribution < 1.29 is 35.5 Å². The average Bonchev–Trinajstić information content (AvgIpc) is 2.26. The summed E-state index contributed by atoms with van der Waals surface area (Å²) in [6.45, 7) is 0. The van der Waals surface area contributed by atoms with Crippen molar-refractivity contribution in [1.82, 2.24) is 4.90 Å². The third kappa shape index (κ3) is 3.95. The Morgan fingerprint density at radius 3 is 1.71 bits per heavy atom. The highest BCUT2D eigenvalue weighted by Crippen LogP contribution is 2.46. The summed E-state index contributed by atoms with van der Waals surface area (Å²) in [6.07, 6.45) is -6.65. The molecule has 0 rings (SSSR count). The lowest BCUT2D eigenvalue weighted by atomic mass is 10.1. The van der Waals surface area contributed by atoms with Crippen molar-refractivity contribution in [2.45, 2.75) is 18.0 Å². The van der Waals surface area contributed by atoms with Crippen LogP contribution in [0.4, 0.5) is 30.7 Å². The van der Waals surface area contributed by atoms with Crippen molar-refractivity contribution in [2.24, 2.45) is 21.5 Å². The number of guanidine groups is 2. The van der Waals surface area contributed by atoms with Crippen molar-refractivity contribution >= 4 is 17.8 Å². The normalized spacial score (nSPS) is 15.1. The summed E-state index contributed by atoms with van der Waals surface area (Å²) in [7, 11) is 2.64. The van der Waals surface area contributed by atoms with E-state index < -0.39 is 35.8 Å². The topological polar surface area (TPSA) is 97.1 Å². The maximum absolute atomic E-state index is 12.9. The van der Waals surface area contributed by atoms with E-state index >= 15 is 0 Å². The maximum atomic E-state index is 12.9. The molecule has 0 aliphatic carbocycles. The zero-order valence-electron chi connectivity index (χ0n) is 10.6. The number of amides is 1. The van der Waals surface area contributed by atoms with E-state index in [4.69, 9.17) is 11.5 Å². The molecule has 0 bridgehead atoms. The first-order valence-corrected chi connectivity index (χ1v) is 4.87. The van der Waals surface area contributed by atoms with Gasteiger partial charge >= 0.3 is 23.9 Å². The highest BCUT2D eigenvalue weighted by molar-refractivity contribution is 6.01. The number of rotatable bonds is 2. The molecule has 0 saturated carbocycles. The molecule has 0 saturated heterocycles. The first-order valence-electron chi connectivity index (χ1n) is 4.87. The summed E-state index contributed by atoms with van der Waals surface area (Å²) >= 11 is 0. The lowest BCUT2D eigenvalue weighted by Crippen LogP contribution is -2.56. The van der Waals surface area contributed by atoms with Crippen LogP contribution in [0.15, 0.2) is 9.98 Å². The molecule has 0 unspecified atom stereocenters. The van der Waals surface area contributed by atoms with Crippen LogP contribution in [0.2, 0.25) is 0 Å². The van der Waals surface area contributed by atoms with Crippen LogP contribution in [0, 0.1) is 0 Å². The minimum atomic E-state index is -6.65. The molecule has 0 aliphatic rings. The standard InChI is InChI=1S/C8H10F7N5O/c1-20(2)5(17)19-4(16)18-3(21)6(9,10)7(11,12)8(13,14)15/h1-2H3,(H4,16,17,18,19,21). The number of halogens is 7. The molecule has 0 aromatic heterocycles. The summed E-state index contributed by atoms with van der Waals surface area (Å²) in [5.41, 5.74) is 9.98. The van der Waals surface area contributed by atoms with Crippen LogP contribution in [0.25, 0.3) is 0 Å². The summed E-state index contributed by atoms with van der Waals surface area (Å²) in [4.78, 5) is 17.1. The fraction of sp³-hybridized carbons (Fsp3) is 0.625. The quantitative estimate of drug-likeness (QED) is 0.440. The van der Waals surface area contributed by atoms with Crippen molar-refractivity contribution in [3.05, 3.63) is 0 Å². The van der Waals surface area contributed by atoms with E-state index in [-0.39, 0.29) is 0 Å². The van der Waals surface area contributed by atoms with Crippen LogP contribution in [-0.4, -0.2) is 54.8 Å². The fourth-order valence-corrected chi connectivity index (χ4v) is 0.729. The molecule has 1 amide bonds. The Kier molecular flexibility index (Phi) is 5.16. The van der Waals surface area contributed by atoms with E-state index in [0.717, 1.165) is 4.90 Å². The molecule has 0 fully saturated rings. The minimum absolute atomic E-state index is 0.449. The second-order valence-corrected chi connectivity index (χ2v) is 3.79. The Bertz CT molecular complexity index is 468. The van der Waals surface area contributed by atoms with Crippen LogP contribution in [0.5, 0.6) is 0 Å². The van der Waals surface area contributed by atoms with Gasteiger partial charge in [0.05, 0.1) is 0 Å². The molecule has 0 aliphatic heterocycles.